The van der Waals surface area contributed by atoms with E-state index in [0.29, 0.717) is 0 Å². The molecule has 0 rings (SSSR count). The molecule has 0 N–H and O–H groups in total. The molecule has 0 unspecified atom stereocenters. The second-order valence-electron chi connectivity index (χ2n) is 1.61. The molecular weight excluding hydrogens is 189 g/mol. The van der Waals surface area contributed by atoms with Gasteiger partial charge in [0.1, 0.15) is 0 Å². The van der Waals surface area contributed by atoms with Crippen LogP contribution in [0.4, 0.5) is 0 Å². The average molecular weight is 199 g/mol. The Hall–Kier alpha value is 0.690. The summed E-state index contributed by atoms with van der Waals surface area (Å²) in [4.78, 5) is 0. The van der Waals surface area contributed by atoms with E-state index in [1.807, 2.05) is 0 Å². The minimum absolute atomic E-state index is 0. The first kappa shape index (κ1) is 15.9. The van der Waals surface area contributed by atoms with Gasteiger partial charge in [0.05, 0.1) is 0 Å². The number of halogens is 1. The molecule has 0 aliphatic rings. The van der Waals surface area contributed by atoms with Crippen LogP contribution in [0.25, 0.3) is 0 Å². The van der Waals surface area contributed by atoms with Gasteiger partial charge in [-0.25, -0.2) is 0 Å². The minimum atomic E-state index is 0. The van der Waals surface area contributed by atoms with Gasteiger partial charge in [0.15, 0.2) is 0 Å². The normalized spacial score (nSPS) is 5.50. The maximum absolute atomic E-state index is 4.53. The predicted molar refractivity (Wildman–Crippen MR) is 38.0 cm³/mol. The molecule has 0 nitrogen and oxygen atoms in total. The summed E-state index contributed by atoms with van der Waals surface area (Å²) in [6.07, 6.45) is 4.36. The van der Waals surface area contributed by atoms with Crippen molar-refractivity contribution in [2.24, 2.45) is 0 Å². The SMILES string of the molecule is C#CCl.C[Si](C)C.[Zn]. The van der Waals surface area contributed by atoms with Crippen LogP contribution in [0.3, 0.4) is 0 Å². The van der Waals surface area contributed by atoms with E-state index in [9.17, 15) is 0 Å². The van der Waals surface area contributed by atoms with Crippen LogP contribution >= 0.6 is 11.6 Å². The molecule has 0 aliphatic heterocycles. The monoisotopic (exact) mass is 197 g/mol. The van der Waals surface area contributed by atoms with E-state index in [0.717, 1.165) is 0 Å². The van der Waals surface area contributed by atoms with Crippen molar-refractivity contribution in [2.45, 2.75) is 19.6 Å². The second kappa shape index (κ2) is 15.6. The van der Waals surface area contributed by atoms with Crippen LogP contribution in [0.2, 0.25) is 19.6 Å². The van der Waals surface area contributed by atoms with Gasteiger partial charge in [-0.15, -0.1) is 6.42 Å². The Labute approximate surface area is 71.4 Å². The fraction of sp³-hybridized carbons (Fsp3) is 0.600. The quantitative estimate of drug-likeness (QED) is 0.414. The first-order chi connectivity index (χ1) is 3.15. The maximum Gasteiger partial charge on any atom is 0.0379 e. The zero-order valence-corrected chi connectivity index (χ0v) is 10.4. The molecule has 43 valence electrons. The van der Waals surface area contributed by atoms with Gasteiger partial charge in [0.25, 0.3) is 0 Å². The molecule has 0 saturated heterocycles. The summed E-state index contributed by atoms with van der Waals surface area (Å²) in [5.74, 6) is 0. The number of rotatable bonds is 0. The van der Waals surface area contributed by atoms with Crippen molar-refractivity contribution in [3.8, 4) is 11.8 Å². The molecule has 3 heteroatoms. The van der Waals surface area contributed by atoms with E-state index in [2.05, 4.69) is 37.7 Å². The van der Waals surface area contributed by atoms with Crippen molar-refractivity contribution in [1.82, 2.24) is 0 Å². The van der Waals surface area contributed by atoms with Gasteiger partial charge >= 0.3 is 0 Å². The molecule has 0 heterocycles. The smallest absolute Gasteiger partial charge is 0.0379 e. The van der Waals surface area contributed by atoms with Crippen molar-refractivity contribution in [2.75, 3.05) is 0 Å². The fourth-order valence-corrected chi connectivity index (χ4v) is 0. The van der Waals surface area contributed by atoms with E-state index in [-0.39, 0.29) is 28.3 Å². The fourth-order valence-electron chi connectivity index (χ4n) is 0. The maximum atomic E-state index is 4.53. The molecular formula is C5H10ClSiZn. The number of hydrogen-bond acceptors (Lipinski definition) is 0. The molecule has 0 aromatic rings. The molecule has 0 bridgehead atoms. The van der Waals surface area contributed by atoms with Gasteiger partial charge in [-0.3, -0.25) is 0 Å². The molecule has 1 radical (unpaired) electrons. The zero-order valence-electron chi connectivity index (χ0n) is 5.66. The van der Waals surface area contributed by atoms with Crippen molar-refractivity contribution in [1.29, 1.82) is 0 Å². The van der Waals surface area contributed by atoms with Crippen LogP contribution in [-0.4, -0.2) is 8.80 Å². The third kappa shape index (κ3) is 455. The summed E-state index contributed by atoms with van der Waals surface area (Å²) in [6, 6.07) is 0. The van der Waals surface area contributed by atoms with Crippen molar-refractivity contribution in [3.63, 3.8) is 0 Å². The van der Waals surface area contributed by atoms with E-state index < -0.39 is 0 Å². The van der Waals surface area contributed by atoms with Gasteiger partial charge in [0.2, 0.25) is 0 Å². The van der Waals surface area contributed by atoms with Crippen molar-refractivity contribution >= 4 is 20.4 Å². The van der Waals surface area contributed by atoms with Gasteiger partial charge in [0, 0.05) is 33.7 Å². The van der Waals surface area contributed by atoms with Gasteiger partial charge in [-0.1, -0.05) is 19.6 Å². The predicted octanol–water partition coefficient (Wildman–Crippen LogP) is 2.18. The molecule has 0 amide bonds. The Morgan fingerprint density at radius 1 is 1.38 bits per heavy atom. The molecule has 0 aromatic carbocycles. The summed E-state index contributed by atoms with van der Waals surface area (Å²) in [6.45, 7) is 6.81. The average Bonchev–Trinajstić information content (AvgIpc) is 1.33. The minimum Gasteiger partial charge on any atom is -0.103 e. The van der Waals surface area contributed by atoms with Crippen LogP contribution < -0.4 is 0 Å². The van der Waals surface area contributed by atoms with Crippen LogP contribution in [0.5, 0.6) is 0 Å². The molecule has 0 aromatic heterocycles. The Morgan fingerprint density at radius 2 is 1.38 bits per heavy atom. The first-order valence-electron chi connectivity index (χ1n) is 1.98. The molecule has 0 fully saturated rings. The summed E-state index contributed by atoms with van der Waals surface area (Å²) in [5, 5.41) is 1.72. The van der Waals surface area contributed by atoms with Crippen molar-refractivity contribution in [3.05, 3.63) is 0 Å². The molecule has 0 atom stereocenters. The number of terminal acetylenes is 1. The van der Waals surface area contributed by atoms with Crippen LogP contribution in [0.15, 0.2) is 0 Å². The third-order valence-electron chi connectivity index (χ3n) is 0. The largest absolute Gasteiger partial charge is 0.103 e. The Morgan fingerprint density at radius 3 is 1.38 bits per heavy atom. The van der Waals surface area contributed by atoms with Gasteiger partial charge in [-0.05, 0) is 11.6 Å². The van der Waals surface area contributed by atoms with E-state index in [4.69, 9.17) is 0 Å². The van der Waals surface area contributed by atoms with Gasteiger partial charge < -0.3 is 0 Å². The third-order valence-corrected chi connectivity index (χ3v) is 0. The van der Waals surface area contributed by atoms with Crippen LogP contribution in [0, 0.1) is 11.8 Å². The molecule has 0 spiro atoms. The summed E-state index contributed by atoms with van der Waals surface area (Å²) in [5.41, 5.74) is 0. The molecule has 0 aliphatic carbocycles. The molecule has 8 heavy (non-hydrogen) atoms. The summed E-state index contributed by atoms with van der Waals surface area (Å²) >= 11 is 4.53. The van der Waals surface area contributed by atoms with Crippen LogP contribution in [0.1, 0.15) is 0 Å². The molecule has 0 saturated carbocycles. The standard InChI is InChI=1S/C3H9Si.C2HCl.Zn/c1-4(2)3;1-2-3;/h1-3H3;1H;. The zero-order chi connectivity index (χ0) is 6.28. The number of hydrogen-bond donors (Lipinski definition) is 0. The Balaban J connectivity index is -0.0000000575. The summed E-state index contributed by atoms with van der Waals surface area (Å²) < 4.78 is 0. The van der Waals surface area contributed by atoms with Crippen LogP contribution in [-0.2, 0) is 19.5 Å². The van der Waals surface area contributed by atoms with E-state index in [1.54, 1.807) is 5.38 Å². The Bertz CT molecular complexity index is 55.2. The summed E-state index contributed by atoms with van der Waals surface area (Å²) in [7, 11) is 0.120. The first-order valence-corrected chi connectivity index (χ1v) is 5.36. The van der Waals surface area contributed by atoms with Crippen molar-refractivity contribution < 1.29 is 19.5 Å². The van der Waals surface area contributed by atoms with E-state index >= 15 is 0 Å². The Kier molecular flexibility index (Phi) is 31.0. The topological polar surface area (TPSA) is 0 Å². The second-order valence-corrected chi connectivity index (χ2v) is 4.83. The van der Waals surface area contributed by atoms with E-state index in [1.165, 1.54) is 0 Å². The van der Waals surface area contributed by atoms with Gasteiger partial charge in [-0.2, -0.15) is 0 Å².